The fraction of sp³-hybridized carbons (Fsp3) is 0.407. The number of hydrogen-bond donors (Lipinski definition) is 2. The monoisotopic (exact) mass is 431 g/mol. The molecule has 1 aromatic heterocycles. The van der Waals surface area contributed by atoms with Gasteiger partial charge in [0.25, 0.3) is 5.91 Å². The molecule has 0 fully saturated rings. The summed E-state index contributed by atoms with van der Waals surface area (Å²) in [4.78, 5) is 32.4. The molecule has 3 aromatic rings. The third-order valence-corrected chi connectivity index (χ3v) is 6.69. The summed E-state index contributed by atoms with van der Waals surface area (Å²) < 4.78 is 0. The predicted molar refractivity (Wildman–Crippen MR) is 128 cm³/mol. The van der Waals surface area contributed by atoms with Gasteiger partial charge in [-0.3, -0.25) is 9.59 Å². The molecule has 1 aliphatic heterocycles. The van der Waals surface area contributed by atoms with Gasteiger partial charge in [0.05, 0.1) is 6.04 Å². The number of nitrogens with zero attached hydrogens (tertiary/aromatic N) is 1. The molecular weight excluding hydrogens is 398 g/mol. The molecular formula is C27H33N3O2. The average Bonchev–Trinajstić information content (AvgIpc) is 3.33. The van der Waals surface area contributed by atoms with Gasteiger partial charge in [-0.15, -0.1) is 0 Å². The summed E-state index contributed by atoms with van der Waals surface area (Å²) in [6.45, 7) is 9.05. The highest BCUT2D eigenvalue weighted by Gasteiger charge is 2.46. The van der Waals surface area contributed by atoms with Gasteiger partial charge in [0.1, 0.15) is 6.04 Å². The zero-order chi connectivity index (χ0) is 22.8. The SMILES string of the molecule is CCC(C)C(C(=O)NCCC(C)C)N1C(=O)c2ccccc2C1c1c[nH]c2ccccc12. The molecule has 2 amide bonds. The first kappa shape index (κ1) is 22.1. The summed E-state index contributed by atoms with van der Waals surface area (Å²) >= 11 is 0. The summed E-state index contributed by atoms with van der Waals surface area (Å²) in [6.07, 6.45) is 3.71. The van der Waals surface area contributed by atoms with Gasteiger partial charge in [-0.2, -0.15) is 0 Å². The Morgan fingerprint density at radius 2 is 1.78 bits per heavy atom. The minimum absolute atomic E-state index is 0.0278. The quantitative estimate of drug-likeness (QED) is 0.509. The molecule has 1 aliphatic rings. The van der Waals surface area contributed by atoms with Crippen LogP contribution in [0.2, 0.25) is 0 Å². The van der Waals surface area contributed by atoms with Gasteiger partial charge < -0.3 is 15.2 Å². The van der Waals surface area contributed by atoms with Gasteiger partial charge in [0, 0.05) is 34.8 Å². The largest absolute Gasteiger partial charge is 0.361 e. The molecule has 0 spiro atoms. The van der Waals surface area contributed by atoms with Crippen LogP contribution in [0.25, 0.3) is 10.9 Å². The number of aromatic amines is 1. The van der Waals surface area contributed by atoms with E-state index in [9.17, 15) is 9.59 Å². The number of hydrogen-bond acceptors (Lipinski definition) is 2. The minimum Gasteiger partial charge on any atom is -0.361 e. The molecule has 2 aromatic carbocycles. The van der Waals surface area contributed by atoms with E-state index in [1.165, 1.54) is 0 Å². The normalized spacial score (nSPS) is 17.6. The molecule has 5 heteroatoms. The molecule has 3 unspecified atom stereocenters. The van der Waals surface area contributed by atoms with E-state index in [4.69, 9.17) is 0 Å². The molecule has 5 nitrogen and oxygen atoms in total. The van der Waals surface area contributed by atoms with Crippen LogP contribution in [0.3, 0.4) is 0 Å². The second kappa shape index (κ2) is 9.19. The standard InChI is InChI=1S/C27H33N3O2/c1-5-18(4)24(26(31)28-15-14-17(2)3)30-25(20-11-6-7-12-21(20)27(30)32)22-16-29-23-13-9-8-10-19(22)23/h6-13,16-18,24-25,29H,5,14-15H2,1-4H3,(H,28,31). The summed E-state index contributed by atoms with van der Waals surface area (Å²) in [5.74, 6) is 0.403. The van der Waals surface area contributed by atoms with Crippen molar-refractivity contribution in [1.82, 2.24) is 15.2 Å². The number of nitrogens with one attached hydrogen (secondary N) is 2. The van der Waals surface area contributed by atoms with E-state index >= 15 is 0 Å². The fourth-order valence-corrected chi connectivity index (χ4v) is 4.73. The lowest BCUT2D eigenvalue weighted by molar-refractivity contribution is -0.127. The number of amides is 2. The van der Waals surface area contributed by atoms with Gasteiger partial charge >= 0.3 is 0 Å². The van der Waals surface area contributed by atoms with Crippen molar-refractivity contribution in [2.24, 2.45) is 11.8 Å². The lowest BCUT2D eigenvalue weighted by atomic mass is 9.92. The Hall–Kier alpha value is -3.08. The molecule has 0 saturated carbocycles. The van der Waals surface area contributed by atoms with Crippen molar-refractivity contribution in [3.63, 3.8) is 0 Å². The number of aromatic nitrogens is 1. The summed E-state index contributed by atoms with van der Waals surface area (Å²) in [5, 5.41) is 4.19. The highest BCUT2D eigenvalue weighted by atomic mass is 16.2. The van der Waals surface area contributed by atoms with Crippen LogP contribution in [0.1, 0.15) is 68.1 Å². The van der Waals surface area contributed by atoms with Crippen LogP contribution in [-0.2, 0) is 4.79 Å². The van der Waals surface area contributed by atoms with Crippen molar-refractivity contribution in [3.8, 4) is 0 Å². The summed E-state index contributed by atoms with van der Waals surface area (Å²) in [6, 6.07) is 15.0. The Balaban J connectivity index is 1.80. The van der Waals surface area contributed by atoms with Crippen molar-refractivity contribution in [3.05, 3.63) is 71.4 Å². The van der Waals surface area contributed by atoms with Gasteiger partial charge in [-0.1, -0.05) is 70.5 Å². The highest BCUT2D eigenvalue weighted by Crippen LogP contribution is 2.43. The number of carbonyl (C=O) groups is 2. The van der Waals surface area contributed by atoms with E-state index in [0.29, 0.717) is 18.0 Å². The van der Waals surface area contributed by atoms with Crippen molar-refractivity contribution in [1.29, 1.82) is 0 Å². The van der Waals surface area contributed by atoms with Gasteiger partial charge in [-0.25, -0.2) is 0 Å². The lowest BCUT2D eigenvalue weighted by Crippen LogP contribution is -2.52. The van der Waals surface area contributed by atoms with Crippen LogP contribution >= 0.6 is 0 Å². The van der Waals surface area contributed by atoms with Crippen molar-refractivity contribution in [2.45, 2.75) is 52.6 Å². The zero-order valence-corrected chi connectivity index (χ0v) is 19.4. The number of fused-ring (bicyclic) bond motifs is 2. The maximum Gasteiger partial charge on any atom is 0.255 e. The third-order valence-electron chi connectivity index (χ3n) is 6.69. The molecule has 0 aliphatic carbocycles. The van der Waals surface area contributed by atoms with Crippen molar-refractivity contribution >= 4 is 22.7 Å². The second-order valence-corrected chi connectivity index (χ2v) is 9.30. The van der Waals surface area contributed by atoms with E-state index < -0.39 is 6.04 Å². The summed E-state index contributed by atoms with van der Waals surface area (Å²) in [5.41, 5.74) is 3.71. The number of benzene rings is 2. The molecule has 4 rings (SSSR count). The van der Waals surface area contributed by atoms with Crippen LogP contribution < -0.4 is 5.32 Å². The molecule has 2 heterocycles. The first-order valence-electron chi connectivity index (χ1n) is 11.7. The summed E-state index contributed by atoms with van der Waals surface area (Å²) in [7, 11) is 0. The maximum atomic E-state index is 13.7. The smallest absolute Gasteiger partial charge is 0.255 e. The van der Waals surface area contributed by atoms with Gasteiger partial charge in [0.2, 0.25) is 5.91 Å². The Morgan fingerprint density at radius 3 is 2.53 bits per heavy atom. The van der Waals surface area contributed by atoms with Crippen LogP contribution in [-0.4, -0.2) is 34.3 Å². The molecule has 0 saturated heterocycles. The van der Waals surface area contributed by atoms with Crippen LogP contribution in [0.4, 0.5) is 0 Å². The molecule has 3 atom stereocenters. The Bertz CT molecular complexity index is 1120. The van der Waals surface area contributed by atoms with Crippen LogP contribution in [0.15, 0.2) is 54.7 Å². The van der Waals surface area contributed by atoms with E-state index in [0.717, 1.165) is 34.9 Å². The average molecular weight is 432 g/mol. The molecule has 2 N–H and O–H groups in total. The van der Waals surface area contributed by atoms with Crippen LogP contribution in [0.5, 0.6) is 0 Å². The molecule has 0 radical (unpaired) electrons. The van der Waals surface area contributed by atoms with E-state index in [2.05, 4.69) is 44.1 Å². The molecule has 32 heavy (non-hydrogen) atoms. The minimum atomic E-state index is -0.536. The van der Waals surface area contributed by atoms with Crippen molar-refractivity contribution in [2.75, 3.05) is 6.54 Å². The molecule has 0 bridgehead atoms. The third kappa shape index (κ3) is 3.92. The second-order valence-electron chi connectivity index (χ2n) is 9.30. The van der Waals surface area contributed by atoms with Gasteiger partial charge in [0.15, 0.2) is 0 Å². The highest BCUT2D eigenvalue weighted by molar-refractivity contribution is 6.03. The molecule has 168 valence electrons. The number of rotatable bonds is 8. The van der Waals surface area contributed by atoms with Gasteiger partial charge in [-0.05, 0) is 36.0 Å². The first-order valence-corrected chi connectivity index (χ1v) is 11.7. The Kier molecular flexibility index (Phi) is 6.35. The maximum absolute atomic E-state index is 13.7. The topological polar surface area (TPSA) is 65.2 Å². The Morgan fingerprint density at radius 1 is 1.06 bits per heavy atom. The number of para-hydroxylation sites is 1. The van der Waals surface area contributed by atoms with E-state index in [-0.39, 0.29) is 23.8 Å². The van der Waals surface area contributed by atoms with E-state index in [1.54, 1.807) is 0 Å². The number of carbonyl (C=O) groups excluding carboxylic acids is 2. The first-order chi connectivity index (χ1) is 15.4. The zero-order valence-electron chi connectivity index (χ0n) is 19.4. The lowest BCUT2D eigenvalue weighted by Gasteiger charge is -2.36. The predicted octanol–water partition coefficient (Wildman–Crippen LogP) is 5.29. The van der Waals surface area contributed by atoms with E-state index in [1.807, 2.05) is 53.6 Å². The number of H-pyrrole nitrogens is 1. The van der Waals surface area contributed by atoms with Crippen LogP contribution in [0, 0.1) is 11.8 Å². The Labute approximate surface area is 190 Å². The fourth-order valence-electron chi connectivity index (χ4n) is 4.73. The van der Waals surface area contributed by atoms with Crippen molar-refractivity contribution < 1.29 is 9.59 Å².